The quantitative estimate of drug-likeness (QED) is 0.458. The number of hydrogen-bond acceptors (Lipinski definition) is 5. The van der Waals surface area contributed by atoms with Crippen LogP contribution in [-0.2, 0) is 10.0 Å². The zero-order valence-electron chi connectivity index (χ0n) is 16.6. The number of hydrogen-bond donors (Lipinski definition) is 3. The first-order chi connectivity index (χ1) is 14.3. The van der Waals surface area contributed by atoms with E-state index in [-0.39, 0.29) is 16.8 Å². The van der Waals surface area contributed by atoms with Crippen molar-refractivity contribution in [2.24, 2.45) is 27.2 Å². The van der Waals surface area contributed by atoms with Gasteiger partial charge in [0.05, 0.1) is 23.4 Å². The molecule has 160 valence electrons. The first kappa shape index (κ1) is 21.4. The van der Waals surface area contributed by atoms with Crippen LogP contribution < -0.4 is 26.8 Å². The van der Waals surface area contributed by atoms with Gasteiger partial charge in [0.1, 0.15) is 5.75 Å². The summed E-state index contributed by atoms with van der Waals surface area (Å²) < 4.78 is 32.9. The summed E-state index contributed by atoms with van der Waals surface area (Å²) in [5, 5.41) is 0. The zero-order valence-corrected chi connectivity index (χ0v) is 17.4. The van der Waals surface area contributed by atoms with E-state index in [1.165, 1.54) is 16.4 Å². The van der Waals surface area contributed by atoms with Crippen LogP contribution in [0.4, 0.5) is 11.4 Å². The lowest BCUT2D eigenvalue weighted by molar-refractivity contribution is 0.378. The molecule has 1 heterocycles. The van der Waals surface area contributed by atoms with E-state index in [0.29, 0.717) is 31.9 Å². The third kappa shape index (κ3) is 4.81. The Morgan fingerprint density at radius 2 is 1.60 bits per heavy atom. The van der Waals surface area contributed by atoms with Crippen molar-refractivity contribution in [3.8, 4) is 5.75 Å². The van der Waals surface area contributed by atoms with Crippen LogP contribution in [0.2, 0.25) is 0 Å². The number of benzene rings is 2. The van der Waals surface area contributed by atoms with Crippen molar-refractivity contribution in [1.82, 2.24) is 4.31 Å². The number of ether oxygens (including phenoxy) is 1. The minimum absolute atomic E-state index is 0.113. The topological polar surface area (TPSA) is 153 Å². The summed E-state index contributed by atoms with van der Waals surface area (Å²) in [5.74, 6) is 0.450. The van der Waals surface area contributed by atoms with E-state index >= 15 is 0 Å². The molecular weight excluding hydrogens is 406 g/mol. The van der Waals surface area contributed by atoms with Crippen molar-refractivity contribution in [1.29, 1.82) is 0 Å². The number of rotatable bonds is 5. The fourth-order valence-corrected chi connectivity index (χ4v) is 4.61. The third-order valence-corrected chi connectivity index (χ3v) is 6.54. The number of nitrogens with two attached hydrogens (primary N) is 3. The number of piperazine rings is 1. The highest BCUT2D eigenvalue weighted by Gasteiger charge is 2.29. The summed E-state index contributed by atoms with van der Waals surface area (Å²) in [6.45, 7) is 1.88. The van der Waals surface area contributed by atoms with Gasteiger partial charge in [0.2, 0.25) is 16.0 Å². The highest BCUT2D eigenvalue weighted by molar-refractivity contribution is 7.89. The molecule has 1 aliphatic rings. The standard InChI is InChI=1S/C19H25N7O3S/c1-29-17-5-3-2-4-16(17)25-10-12-26(13-11-25)30(27,28)15-8-6-14(7-9-15)23-19(22)24-18(20)21/h2-9H,10-13H2,1H3,(H6,20,21,22,23,24). The van der Waals surface area contributed by atoms with Gasteiger partial charge in [-0.2, -0.15) is 9.30 Å². The molecule has 6 N–H and O–H groups in total. The molecule has 30 heavy (non-hydrogen) atoms. The van der Waals surface area contributed by atoms with Crippen molar-refractivity contribution in [2.75, 3.05) is 38.2 Å². The Kier molecular flexibility index (Phi) is 6.43. The van der Waals surface area contributed by atoms with Crippen LogP contribution in [0.1, 0.15) is 0 Å². The Morgan fingerprint density at radius 3 is 2.20 bits per heavy atom. The third-order valence-electron chi connectivity index (χ3n) is 4.63. The Labute approximate surface area is 175 Å². The van der Waals surface area contributed by atoms with Crippen LogP contribution in [0.5, 0.6) is 5.75 Å². The van der Waals surface area contributed by atoms with E-state index in [9.17, 15) is 8.42 Å². The maximum Gasteiger partial charge on any atom is 0.243 e. The molecule has 2 aromatic carbocycles. The van der Waals surface area contributed by atoms with Gasteiger partial charge in [0.15, 0.2) is 5.96 Å². The molecule has 0 amide bonds. The molecule has 1 saturated heterocycles. The molecule has 2 aromatic rings. The fourth-order valence-electron chi connectivity index (χ4n) is 3.19. The van der Waals surface area contributed by atoms with Crippen LogP contribution >= 0.6 is 0 Å². The molecule has 1 fully saturated rings. The minimum Gasteiger partial charge on any atom is -0.495 e. The molecule has 10 nitrogen and oxygen atoms in total. The SMILES string of the molecule is COc1ccccc1N1CCN(S(=O)(=O)c2ccc(N=C(N)N=C(N)N)cc2)CC1. The number of anilines is 1. The first-order valence-electron chi connectivity index (χ1n) is 9.23. The molecule has 0 atom stereocenters. The van der Waals surface area contributed by atoms with Crippen molar-refractivity contribution in [3.05, 3.63) is 48.5 Å². The van der Waals surface area contributed by atoms with Crippen LogP contribution in [0.25, 0.3) is 0 Å². The summed E-state index contributed by atoms with van der Waals surface area (Å²) in [5.41, 5.74) is 17.5. The van der Waals surface area contributed by atoms with E-state index in [1.807, 2.05) is 24.3 Å². The number of para-hydroxylation sites is 2. The molecule has 11 heteroatoms. The van der Waals surface area contributed by atoms with Crippen molar-refractivity contribution in [2.45, 2.75) is 4.90 Å². The molecule has 0 aliphatic carbocycles. The van der Waals surface area contributed by atoms with Gasteiger partial charge in [0, 0.05) is 26.2 Å². The van der Waals surface area contributed by atoms with E-state index in [4.69, 9.17) is 21.9 Å². The molecule has 0 radical (unpaired) electrons. The highest BCUT2D eigenvalue weighted by atomic mass is 32.2. The predicted molar refractivity (Wildman–Crippen MR) is 118 cm³/mol. The summed E-state index contributed by atoms with van der Waals surface area (Å²) in [6.07, 6.45) is 0. The summed E-state index contributed by atoms with van der Waals surface area (Å²) in [6, 6.07) is 13.8. The van der Waals surface area contributed by atoms with E-state index < -0.39 is 10.0 Å². The monoisotopic (exact) mass is 431 g/mol. The maximum absolute atomic E-state index is 13.0. The lowest BCUT2D eigenvalue weighted by Crippen LogP contribution is -2.48. The lowest BCUT2D eigenvalue weighted by Gasteiger charge is -2.35. The van der Waals surface area contributed by atoms with Crippen LogP contribution in [0, 0.1) is 0 Å². The number of aliphatic imine (C=N–C) groups is 2. The van der Waals surface area contributed by atoms with E-state index in [2.05, 4.69) is 14.9 Å². The van der Waals surface area contributed by atoms with Gasteiger partial charge >= 0.3 is 0 Å². The average Bonchev–Trinajstić information content (AvgIpc) is 2.73. The zero-order chi connectivity index (χ0) is 21.7. The Balaban J connectivity index is 1.70. The number of sulfonamides is 1. The predicted octanol–water partition coefficient (Wildman–Crippen LogP) is 0.426. The molecule has 0 bridgehead atoms. The minimum atomic E-state index is -3.62. The second-order valence-electron chi connectivity index (χ2n) is 6.56. The van der Waals surface area contributed by atoms with E-state index in [0.717, 1.165) is 11.4 Å². The van der Waals surface area contributed by atoms with Gasteiger partial charge < -0.3 is 26.8 Å². The van der Waals surface area contributed by atoms with Crippen LogP contribution in [0.15, 0.2) is 63.4 Å². The summed E-state index contributed by atoms with van der Waals surface area (Å²) >= 11 is 0. The highest BCUT2D eigenvalue weighted by Crippen LogP contribution is 2.29. The molecule has 1 aliphatic heterocycles. The Bertz CT molecular complexity index is 1040. The van der Waals surface area contributed by atoms with Gasteiger partial charge in [-0.25, -0.2) is 13.4 Å². The van der Waals surface area contributed by atoms with Crippen LogP contribution in [-0.4, -0.2) is 57.9 Å². The van der Waals surface area contributed by atoms with Gasteiger partial charge in [-0.15, -0.1) is 0 Å². The Hall–Kier alpha value is -3.31. The number of nitrogens with zero attached hydrogens (tertiary/aromatic N) is 4. The second-order valence-corrected chi connectivity index (χ2v) is 8.50. The van der Waals surface area contributed by atoms with E-state index in [1.54, 1.807) is 19.2 Å². The van der Waals surface area contributed by atoms with Crippen molar-refractivity contribution >= 4 is 33.3 Å². The fraction of sp³-hybridized carbons (Fsp3) is 0.263. The lowest BCUT2D eigenvalue weighted by atomic mass is 10.2. The van der Waals surface area contributed by atoms with Gasteiger partial charge in [-0.05, 0) is 36.4 Å². The van der Waals surface area contributed by atoms with Crippen LogP contribution in [0.3, 0.4) is 0 Å². The molecule has 0 unspecified atom stereocenters. The Morgan fingerprint density at radius 1 is 0.967 bits per heavy atom. The second kappa shape index (κ2) is 9.01. The molecule has 0 aromatic heterocycles. The average molecular weight is 432 g/mol. The smallest absolute Gasteiger partial charge is 0.243 e. The maximum atomic E-state index is 13.0. The van der Waals surface area contributed by atoms with Crippen molar-refractivity contribution < 1.29 is 13.2 Å². The molecular formula is C19H25N7O3S. The largest absolute Gasteiger partial charge is 0.495 e. The van der Waals surface area contributed by atoms with Gasteiger partial charge in [-0.3, -0.25) is 0 Å². The summed E-state index contributed by atoms with van der Waals surface area (Å²) in [4.78, 5) is 9.94. The van der Waals surface area contributed by atoms with Gasteiger partial charge in [0.25, 0.3) is 0 Å². The normalized spacial score (nSPS) is 15.6. The number of methoxy groups -OCH3 is 1. The molecule has 0 saturated carbocycles. The molecule has 0 spiro atoms. The molecule has 3 rings (SSSR count). The van der Waals surface area contributed by atoms with Crippen molar-refractivity contribution in [3.63, 3.8) is 0 Å². The first-order valence-corrected chi connectivity index (χ1v) is 10.7. The summed E-state index contributed by atoms with van der Waals surface area (Å²) in [7, 11) is -2.00. The number of guanidine groups is 2. The van der Waals surface area contributed by atoms with Gasteiger partial charge in [-0.1, -0.05) is 12.1 Å².